The van der Waals surface area contributed by atoms with Crippen molar-refractivity contribution in [3.05, 3.63) is 22.4 Å². The van der Waals surface area contributed by atoms with Gasteiger partial charge in [-0.2, -0.15) is 0 Å². The first-order valence-corrected chi connectivity index (χ1v) is 6.52. The van der Waals surface area contributed by atoms with Gasteiger partial charge in [-0.15, -0.1) is 11.3 Å². The Morgan fingerprint density at radius 1 is 1.62 bits per heavy atom. The van der Waals surface area contributed by atoms with Crippen LogP contribution in [0.2, 0.25) is 0 Å². The molecule has 2 atom stereocenters. The van der Waals surface area contributed by atoms with Crippen LogP contribution in [0.5, 0.6) is 0 Å². The van der Waals surface area contributed by atoms with E-state index in [0.717, 1.165) is 17.7 Å². The number of carboxylic acid groups (broad SMARTS) is 1. The Kier molecular flexibility index (Phi) is 5.49. The highest BCUT2D eigenvalue weighted by atomic mass is 32.1. The van der Waals surface area contributed by atoms with Crippen LogP contribution in [0.4, 0.5) is 0 Å². The summed E-state index contributed by atoms with van der Waals surface area (Å²) in [5.74, 6) is -0.755. The van der Waals surface area contributed by atoms with Crippen LogP contribution in [-0.4, -0.2) is 17.1 Å². The average molecular weight is 241 g/mol. The summed E-state index contributed by atoms with van der Waals surface area (Å²) in [6.45, 7) is 4.24. The largest absolute Gasteiger partial charge is 0.481 e. The van der Waals surface area contributed by atoms with Gasteiger partial charge in [0.1, 0.15) is 0 Å². The van der Waals surface area contributed by atoms with Crippen molar-refractivity contribution in [3.8, 4) is 0 Å². The molecule has 0 aliphatic heterocycles. The Morgan fingerprint density at radius 3 is 2.88 bits per heavy atom. The van der Waals surface area contributed by atoms with Crippen molar-refractivity contribution in [2.75, 3.05) is 0 Å². The number of carbonyl (C=O) groups is 1. The van der Waals surface area contributed by atoms with Gasteiger partial charge in [-0.3, -0.25) is 4.79 Å². The van der Waals surface area contributed by atoms with E-state index >= 15 is 0 Å². The summed E-state index contributed by atoms with van der Waals surface area (Å²) >= 11 is 1.61. The summed E-state index contributed by atoms with van der Waals surface area (Å²) in [7, 11) is 0. The zero-order chi connectivity index (χ0) is 12.0. The Bertz CT molecular complexity index is 311. The summed E-state index contributed by atoms with van der Waals surface area (Å²) < 4.78 is 0. The molecule has 1 rings (SSSR count). The zero-order valence-electron chi connectivity index (χ0n) is 9.77. The van der Waals surface area contributed by atoms with Crippen LogP contribution in [0.25, 0.3) is 0 Å². The smallest absolute Gasteiger partial charge is 0.305 e. The van der Waals surface area contributed by atoms with E-state index in [1.165, 1.54) is 0 Å². The third-order valence-corrected chi connectivity index (χ3v) is 3.46. The molecule has 90 valence electrons. The number of hydrogen-bond donors (Lipinski definition) is 2. The Balaban J connectivity index is 2.61. The van der Waals surface area contributed by atoms with Gasteiger partial charge in [-0.25, -0.2) is 0 Å². The van der Waals surface area contributed by atoms with Crippen LogP contribution >= 0.6 is 11.3 Å². The predicted octanol–water partition coefficient (Wildman–Crippen LogP) is 3.04. The number of rotatable bonds is 7. The van der Waals surface area contributed by atoms with E-state index in [-0.39, 0.29) is 12.5 Å². The molecule has 0 aliphatic carbocycles. The van der Waals surface area contributed by atoms with Crippen molar-refractivity contribution < 1.29 is 9.90 Å². The molecule has 1 aromatic rings. The molecule has 1 aromatic heterocycles. The fourth-order valence-corrected chi connectivity index (χ4v) is 2.55. The standard InChI is InChI=1S/C12H19NO2S/c1-3-5-9(2)13-10(8-12(14)15)11-6-4-7-16-11/h4,6-7,9-10,13H,3,5,8H2,1-2H3,(H,14,15). The maximum atomic E-state index is 10.8. The van der Waals surface area contributed by atoms with E-state index in [1.54, 1.807) is 11.3 Å². The number of hydrogen-bond acceptors (Lipinski definition) is 3. The molecule has 16 heavy (non-hydrogen) atoms. The van der Waals surface area contributed by atoms with Crippen molar-refractivity contribution in [3.63, 3.8) is 0 Å². The van der Waals surface area contributed by atoms with Gasteiger partial charge in [0.15, 0.2) is 0 Å². The maximum absolute atomic E-state index is 10.8. The van der Waals surface area contributed by atoms with E-state index in [1.807, 2.05) is 17.5 Å². The predicted molar refractivity (Wildman–Crippen MR) is 66.8 cm³/mol. The Labute approximate surface area is 100 Å². The molecule has 0 spiro atoms. The number of nitrogens with one attached hydrogen (secondary N) is 1. The zero-order valence-corrected chi connectivity index (χ0v) is 10.6. The molecule has 1 heterocycles. The highest BCUT2D eigenvalue weighted by molar-refractivity contribution is 7.10. The van der Waals surface area contributed by atoms with Gasteiger partial charge >= 0.3 is 5.97 Å². The lowest BCUT2D eigenvalue weighted by molar-refractivity contribution is -0.137. The molecular weight excluding hydrogens is 222 g/mol. The summed E-state index contributed by atoms with van der Waals surface area (Å²) in [6.07, 6.45) is 2.33. The summed E-state index contributed by atoms with van der Waals surface area (Å²) in [6, 6.07) is 4.25. The second-order valence-corrected chi connectivity index (χ2v) is 5.00. The minimum Gasteiger partial charge on any atom is -0.481 e. The second-order valence-electron chi connectivity index (χ2n) is 4.02. The van der Waals surface area contributed by atoms with Crippen molar-refractivity contribution >= 4 is 17.3 Å². The average Bonchev–Trinajstić information content (AvgIpc) is 2.68. The lowest BCUT2D eigenvalue weighted by Gasteiger charge is -2.20. The molecule has 3 nitrogen and oxygen atoms in total. The van der Waals surface area contributed by atoms with Crippen LogP contribution in [0.3, 0.4) is 0 Å². The van der Waals surface area contributed by atoms with Crippen molar-refractivity contribution in [2.45, 2.75) is 45.2 Å². The van der Waals surface area contributed by atoms with Crippen molar-refractivity contribution in [2.24, 2.45) is 0 Å². The van der Waals surface area contributed by atoms with E-state index < -0.39 is 5.97 Å². The SMILES string of the molecule is CCCC(C)NC(CC(=O)O)c1cccs1. The van der Waals surface area contributed by atoms with E-state index in [2.05, 4.69) is 19.2 Å². The van der Waals surface area contributed by atoms with Gasteiger partial charge in [0.2, 0.25) is 0 Å². The lowest BCUT2D eigenvalue weighted by Crippen LogP contribution is -2.31. The topological polar surface area (TPSA) is 49.3 Å². The Morgan fingerprint density at radius 2 is 2.38 bits per heavy atom. The van der Waals surface area contributed by atoms with Crippen LogP contribution in [0.15, 0.2) is 17.5 Å². The van der Waals surface area contributed by atoms with E-state index in [0.29, 0.717) is 6.04 Å². The maximum Gasteiger partial charge on any atom is 0.305 e. The number of thiophene rings is 1. The molecule has 0 saturated heterocycles. The fourth-order valence-electron chi connectivity index (χ4n) is 1.77. The van der Waals surface area contributed by atoms with Gasteiger partial charge in [0, 0.05) is 10.9 Å². The molecule has 0 amide bonds. The van der Waals surface area contributed by atoms with E-state index in [4.69, 9.17) is 5.11 Å². The van der Waals surface area contributed by atoms with Gasteiger partial charge in [-0.05, 0) is 24.8 Å². The second kappa shape index (κ2) is 6.66. The quantitative estimate of drug-likeness (QED) is 0.771. The lowest BCUT2D eigenvalue weighted by atomic mass is 10.1. The molecular formula is C12H19NO2S. The molecule has 0 aliphatic rings. The van der Waals surface area contributed by atoms with E-state index in [9.17, 15) is 4.79 Å². The molecule has 0 aromatic carbocycles. The Hall–Kier alpha value is -0.870. The van der Waals surface area contributed by atoms with Crippen LogP contribution < -0.4 is 5.32 Å². The first-order valence-electron chi connectivity index (χ1n) is 5.64. The third kappa shape index (κ3) is 4.33. The monoisotopic (exact) mass is 241 g/mol. The van der Waals surface area contributed by atoms with Gasteiger partial charge in [0.25, 0.3) is 0 Å². The van der Waals surface area contributed by atoms with Crippen molar-refractivity contribution in [1.29, 1.82) is 0 Å². The first kappa shape index (κ1) is 13.2. The van der Waals surface area contributed by atoms with Crippen molar-refractivity contribution in [1.82, 2.24) is 5.32 Å². The summed E-state index contributed by atoms with van der Waals surface area (Å²) in [5, 5.41) is 14.3. The highest BCUT2D eigenvalue weighted by Crippen LogP contribution is 2.23. The molecule has 0 bridgehead atoms. The molecule has 0 fully saturated rings. The summed E-state index contributed by atoms with van der Waals surface area (Å²) in [5.41, 5.74) is 0. The molecule has 4 heteroatoms. The minimum atomic E-state index is -0.755. The van der Waals surface area contributed by atoms with Gasteiger partial charge < -0.3 is 10.4 Å². The number of aliphatic carboxylic acids is 1. The third-order valence-electron chi connectivity index (χ3n) is 2.47. The summed E-state index contributed by atoms with van der Waals surface area (Å²) in [4.78, 5) is 11.9. The molecule has 0 radical (unpaired) electrons. The first-order chi connectivity index (χ1) is 7.63. The highest BCUT2D eigenvalue weighted by Gasteiger charge is 2.18. The molecule has 0 saturated carbocycles. The minimum absolute atomic E-state index is 0.0564. The van der Waals surface area contributed by atoms with Gasteiger partial charge in [-0.1, -0.05) is 19.4 Å². The molecule has 2 N–H and O–H groups in total. The number of carboxylic acids is 1. The fraction of sp³-hybridized carbons (Fsp3) is 0.583. The van der Waals surface area contributed by atoms with Crippen LogP contribution in [0.1, 0.15) is 44.0 Å². The normalized spacial score (nSPS) is 14.6. The van der Waals surface area contributed by atoms with Gasteiger partial charge in [0.05, 0.1) is 12.5 Å². The van der Waals surface area contributed by atoms with Crippen LogP contribution in [0, 0.1) is 0 Å². The van der Waals surface area contributed by atoms with Crippen LogP contribution in [-0.2, 0) is 4.79 Å². The molecule has 2 unspecified atom stereocenters.